The van der Waals surface area contributed by atoms with Gasteiger partial charge in [-0.15, -0.1) is 0 Å². The standard InChI is InChI=1S/C19H24O4/c1-14(21)23-18-10-6-16(7-11-18)19(2,3)15-4-8-17(9-5-15)22-13-12-20/h4-11,14,20-21H,12-13H2,1-3H3. The molecule has 2 aromatic rings. The van der Waals surface area contributed by atoms with Crippen LogP contribution in [0.15, 0.2) is 48.5 Å². The second-order valence-electron chi connectivity index (χ2n) is 5.96. The van der Waals surface area contributed by atoms with Crippen LogP contribution in [0.5, 0.6) is 11.5 Å². The molecule has 0 saturated heterocycles. The highest BCUT2D eigenvalue weighted by atomic mass is 16.6. The molecule has 1 atom stereocenters. The van der Waals surface area contributed by atoms with Crippen LogP contribution in [-0.2, 0) is 5.41 Å². The van der Waals surface area contributed by atoms with Gasteiger partial charge in [-0.3, -0.25) is 0 Å². The topological polar surface area (TPSA) is 58.9 Å². The van der Waals surface area contributed by atoms with E-state index >= 15 is 0 Å². The maximum atomic E-state index is 9.25. The van der Waals surface area contributed by atoms with Gasteiger partial charge >= 0.3 is 0 Å². The summed E-state index contributed by atoms with van der Waals surface area (Å²) in [5.41, 5.74) is 2.15. The van der Waals surface area contributed by atoms with E-state index in [9.17, 15) is 5.11 Å². The van der Waals surface area contributed by atoms with Gasteiger partial charge in [0, 0.05) is 5.41 Å². The lowest BCUT2D eigenvalue weighted by Crippen LogP contribution is -2.19. The van der Waals surface area contributed by atoms with Crippen molar-refractivity contribution in [3.8, 4) is 11.5 Å². The molecule has 0 spiro atoms. The van der Waals surface area contributed by atoms with Gasteiger partial charge < -0.3 is 19.7 Å². The number of benzene rings is 2. The summed E-state index contributed by atoms with van der Waals surface area (Å²) >= 11 is 0. The SMILES string of the molecule is CC(O)Oc1ccc(C(C)(C)c2ccc(OCCO)cc2)cc1. The van der Waals surface area contributed by atoms with Gasteiger partial charge in [0.15, 0.2) is 6.29 Å². The van der Waals surface area contributed by atoms with Gasteiger partial charge in [-0.1, -0.05) is 38.1 Å². The van der Waals surface area contributed by atoms with Crippen LogP contribution in [0.25, 0.3) is 0 Å². The second-order valence-corrected chi connectivity index (χ2v) is 5.96. The summed E-state index contributed by atoms with van der Waals surface area (Å²) in [6, 6.07) is 15.6. The normalized spacial score (nSPS) is 12.7. The average Bonchev–Trinajstić information content (AvgIpc) is 2.53. The molecule has 2 N–H and O–H groups in total. The monoisotopic (exact) mass is 316 g/mol. The summed E-state index contributed by atoms with van der Waals surface area (Å²) in [4.78, 5) is 0. The first-order valence-corrected chi connectivity index (χ1v) is 7.73. The third kappa shape index (κ3) is 4.47. The van der Waals surface area contributed by atoms with Crippen LogP contribution in [0.3, 0.4) is 0 Å². The molecule has 124 valence electrons. The molecular weight excluding hydrogens is 292 g/mol. The zero-order valence-electron chi connectivity index (χ0n) is 13.8. The lowest BCUT2D eigenvalue weighted by Gasteiger charge is -2.26. The average molecular weight is 316 g/mol. The van der Waals surface area contributed by atoms with Crippen LogP contribution in [0.4, 0.5) is 0 Å². The quantitative estimate of drug-likeness (QED) is 0.771. The Hall–Kier alpha value is -2.04. The van der Waals surface area contributed by atoms with Gasteiger partial charge in [-0.05, 0) is 42.3 Å². The Morgan fingerprint density at radius 3 is 1.83 bits per heavy atom. The van der Waals surface area contributed by atoms with E-state index in [4.69, 9.17) is 14.6 Å². The molecule has 0 aliphatic carbocycles. The predicted molar refractivity (Wildman–Crippen MR) is 89.9 cm³/mol. The van der Waals surface area contributed by atoms with Crippen molar-refractivity contribution in [2.45, 2.75) is 32.5 Å². The summed E-state index contributed by atoms with van der Waals surface area (Å²) in [5, 5.41) is 18.0. The molecule has 2 rings (SSSR count). The highest BCUT2D eigenvalue weighted by Crippen LogP contribution is 2.33. The molecule has 0 fully saturated rings. The summed E-state index contributed by atoms with van der Waals surface area (Å²) in [6.45, 7) is 6.20. The fraction of sp³-hybridized carbons (Fsp3) is 0.368. The van der Waals surface area contributed by atoms with Crippen LogP contribution < -0.4 is 9.47 Å². The van der Waals surface area contributed by atoms with Crippen molar-refractivity contribution < 1.29 is 19.7 Å². The number of ether oxygens (including phenoxy) is 2. The molecule has 2 aromatic carbocycles. The van der Waals surface area contributed by atoms with E-state index in [1.54, 1.807) is 6.92 Å². The fourth-order valence-corrected chi connectivity index (χ4v) is 2.45. The molecule has 4 nitrogen and oxygen atoms in total. The van der Waals surface area contributed by atoms with E-state index in [2.05, 4.69) is 13.8 Å². The third-order valence-electron chi connectivity index (χ3n) is 3.82. The Morgan fingerprint density at radius 1 is 0.913 bits per heavy atom. The lowest BCUT2D eigenvalue weighted by molar-refractivity contribution is -0.000309. The highest BCUT2D eigenvalue weighted by Gasteiger charge is 2.23. The van der Waals surface area contributed by atoms with Crippen molar-refractivity contribution in [3.63, 3.8) is 0 Å². The first kappa shape index (κ1) is 17.3. The van der Waals surface area contributed by atoms with Crippen LogP contribution in [0, 0.1) is 0 Å². The van der Waals surface area contributed by atoms with Crippen LogP contribution >= 0.6 is 0 Å². The van der Waals surface area contributed by atoms with Crippen molar-refractivity contribution in [1.82, 2.24) is 0 Å². The van der Waals surface area contributed by atoms with Gasteiger partial charge in [0.05, 0.1) is 6.61 Å². The Kier molecular flexibility index (Phi) is 5.64. The van der Waals surface area contributed by atoms with E-state index in [1.807, 2.05) is 48.5 Å². The Morgan fingerprint density at radius 2 is 1.39 bits per heavy atom. The molecule has 23 heavy (non-hydrogen) atoms. The molecule has 0 aliphatic heterocycles. The van der Waals surface area contributed by atoms with Gasteiger partial charge in [-0.25, -0.2) is 0 Å². The summed E-state index contributed by atoms with van der Waals surface area (Å²) in [7, 11) is 0. The number of hydrogen-bond donors (Lipinski definition) is 2. The molecule has 1 unspecified atom stereocenters. The molecule has 0 bridgehead atoms. The largest absolute Gasteiger partial charge is 0.491 e. The maximum Gasteiger partial charge on any atom is 0.194 e. The van der Waals surface area contributed by atoms with Gasteiger partial charge in [0.1, 0.15) is 18.1 Å². The molecule has 0 aliphatic rings. The molecule has 0 aromatic heterocycles. The van der Waals surface area contributed by atoms with E-state index < -0.39 is 6.29 Å². The Bertz CT molecular complexity index is 600. The first-order chi connectivity index (χ1) is 10.9. The van der Waals surface area contributed by atoms with Crippen LogP contribution in [0.1, 0.15) is 31.9 Å². The van der Waals surface area contributed by atoms with Crippen molar-refractivity contribution in [2.24, 2.45) is 0 Å². The zero-order chi connectivity index (χ0) is 16.9. The lowest BCUT2D eigenvalue weighted by atomic mass is 9.78. The molecule has 0 heterocycles. The molecular formula is C19H24O4. The number of aliphatic hydroxyl groups excluding tert-OH is 2. The fourth-order valence-electron chi connectivity index (χ4n) is 2.45. The van der Waals surface area contributed by atoms with E-state index in [0.717, 1.165) is 16.9 Å². The summed E-state index contributed by atoms with van der Waals surface area (Å²) in [6.07, 6.45) is -0.819. The number of rotatable bonds is 7. The van der Waals surface area contributed by atoms with Gasteiger partial charge in [0.25, 0.3) is 0 Å². The minimum absolute atomic E-state index is 0.00806. The number of hydrogen-bond acceptors (Lipinski definition) is 4. The van der Waals surface area contributed by atoms with Crippen LogP contribution in [-0.4, -0.2) is 29.7 Å². The Balaban J connectivity index is 2.16. The minimum Gasteiger partial charge on any atom is -0.491 e. The molecule has 0 amide bonds. The summed E-state index contributed by atoms with van der Waals surface area (Å²) < 4.78 is 10.7. The first-order valence-electron chi connectivity index (χ1n) is 7.73. The van der Waals surface area contributed by atoms with Gasteiger partial charge in [-0.2, -0.15) is 0 Å². The van der Waals surface area contributed by atoms with E-state index in [1.165, 1.54) is 0 Å². The second kappa shape index (κ2) is 7.49. The van der Waals surface area contributed by atoms with Crippen molar-refractivity contribution in [2.75, 3.05) is 13.2 Å². The van der Waals surface area contributed by atoms with Crippen molar-refractivity contribution in [1.29, 1.82) is 0 Å². The third-order valence-corrected chi connectivity index (χ3v) is 3.82. The van der Waals surface area contributed by atoms with Gasteiger partial charge in [0.2, 0.25) is 0 Å². The van der Waals surface area contributed by atoms with E-state index in [0.29, 0.717) is 12.4 Å². The maximum absolute atomic E-state index is 9.25. The smallest absolute Gasteiger partial charge is 0.194 e. The van der Waals surface area contributed by atoms with Crippen molar-refractivity contribution >= 4 is 0 Å². The van der Waals surface area contributed by atoms with Crippen molar-refractivity contribution in [3.05, 3.63) is 59.7 Å². The predicted octanol–water partition coefficient (Wildman–Crippen LogP) is 3.10. The minimum atomic E-state index is -0.819. The van der Waals surface area contributed by atoms with Crippen LogP contribution in [0.2, 0.25) is 0 Å². The molecule has 0 saturated carbocycles. The molecule has 0 radical (unpaired) electrons. The highest BCUT2D eigenvalue weighted by molar-refractivity contribution is 5.41. The number of aliphatic hydroxyl groups is 2. The summed E-state index contributed by atoms with van der Waals surface area (Å²) in [5.74, 6) is 1.39. The zero-order valence-corrected chi connectivity index (χ0v) is 13.8. The molecule has 4 heteroatoms. The Labute approximate surface area is 137 Å². The van der Waals surface area contributed by atoms with E-state index in [-0.39, 0.29) is 12.0 Å².